The van der Waals surface area contributed by atoms with Crippen molar-refractivity contribution in [1.82, 2.24) is 4.57 Å². The van der Waals surface area contributed by atoms with E-state index in [1.165, 1.54) is 10.6 Å². The van der Waals surface area contributed by atoms with E-state index in [2.05, 4.69) is 0 Å². The standard InChI is InChI=1S/C14H9F2NO2/c15-10-6-8(7-11(16)14(10)19)17-5-4-9-12(17)2-1-3-13(9)18/h1-7,18-19H. The zero-order chi connectivity index (χ0) is 13.6. The van der Waals surface area contributed by atoms with Crippen LogP contribution < -0.4 is 0 Å². The van der Waals surface area contributed by atoms with Crippen LogP contribution in [0, 0.1) is 11.6 Å². The summed E-state index contributed by atoms with van der Waals surface area (Å²) in [6.45, 7) is 0. The SMILES string of the molecule is Oc1c(F)cc(-n2ccc3c(O)cccc32)cc1F. The van der Waals surface area contributed by atoms with Gasteiger partial charge in [-0.25, -0.2) is 8.78 Å². The van der Waals surface area contributed by atoms with Gasteiger partial charge in [0, 0.05) is 23.7 Å². The second kappa shape index (κ2) is 3.98. The number of hydrogen-bond donors (Lipinski definition) is 2. The number of rotatable bonds is 1. The largest absolute Gasteiger partial charge is 0.507 e. The number of fused-ring (bicyclic) bond motifs is 1. The molecule has 2 aromatic carbocycles. The third kappa shape index (κ3) is 1.71. The van der Waals surface area contributed by atoms with E-state index in [0.29, 0.717) is 10.9 Å². The fourth-order valence-corrected chi connectivity index (χ4v) is 2.07. The second-order valence-electron chi connectivity index (χ2n) is 4.15. The molecule has 0 aliphatic carbocycles. The highest BCUT2D eigenvalue weighted by Gasteiger charge is 2.12. The molecule has 0 spiro atoms. The molecule has 0 unspecified atom stereocenters. The Balaban J connectivity index is 2.28. The Bertz CT molecular complexity index is 757. The minimum absolute atomic E-state index is 0.0935. The third-order valence-corrected chi connectivity index (χ3v) is 2.99. The van der Waals surface area contributed by atoms with Gasteiger partial charge >= 0.3 is 0 Å². The van der Waals surface area contributed by atoms with Crippen molar-refractivity contribution in [3.8, 4) is 17.2 Å². The molecule has 3 rings (SSSR count). The highest BCUT2D eigenvalue weighted by atomic mass is 19.1. The van der Waals surface area contributed by atoms with Crippen molar-refractivity contribution >= 4 is 10.9 Å². The molecule has 0 fully saturated rings. The topological polar surface area (TPSA) is 45.4 Å². The number of phenols is 2. The van der Waals surface area contributed by atoms with Crippen molar-refractivity contribution in [2.75, 3.05) is 0 Å². The van der Waals surface area contributed by atoms with Crippen LogP contribution in [0.4, 0.5) is 8.78 Å². The predicted octanol–water partition coefficient (Wildman–Crippen LogP) is 3.32. The van der Waals surface area contributed by atoms with Gasteiger partial charge in [0.25, 0.3) is 0 Å². The summed E-state index contributed by atoms with van der Waals surface area (Å²) >= 11 is 0. The lowest BCUT2D eigenvalue weighted by atomic mass is 10.2. The van der Waals surface area contributed by atoms with Crippen molar-refractivity contribution in [3.63, 3.8) is 0 Å². The zero-order valence-electron chi connectivity index (χ0n) is 9.64. The third-order valence-electron chi connectivity index (χ3n) is 2.99. The molecule has 0 radical (unpaired) electrons. The van der Waals surface area contributed by atoms with Crippen LogP contribution in [0.15, 0.2) is 42.6 Å². The Kier molecular flexibility index (Phi) is 2.41. The van der Waals surface area contributed by atoms with E-state index >= 15 is 0 Å². The first-order valence-electron chi connectivity index (χ1n) is 5.55. The lowest BCUT2D eigenvalue weighted by molar-refractivity contribution is 0.396. The smallest absolute Gasteiger partial charge is 0.187 e. The van der Waals surface area contributed by atoms with E-state index in [-0.39, 0.29) is 11.4 Å². The summed E-state index contributed by atoms with van der Waals surface area (Å²) in [7, 11) is 0. The number of aromatic nitrogens is 1. The van der Waals surface area contributed by atoms with E-state index in [9.17, 15) is 13.9 Å². The molecule has 0 aliphatic heterocycles. The zero-order valence-corrected chi connectivity index (χ0v) is 9.64. The van der Waals surface area contributed by atoms with Crippen molar-refractivity contribution in [2.45, 2.75) is 0 Å². The molecule has 0 saturated carbocycles. The van der Waals surface area contributed by atoms with Crippen LogP contribution >= 0.6 is 0 Å². The second-order valence-corrected chi connectivity index (χ2v) is 4.15. The normalized spacial score (nSPS) is 11.1. The molecular weight excluding hydrogens is 252 g/mol. The highest BCUT2D eigenvalue weighted by molar-refractivity contribution is 5.87. The van der Waals surface area contributed by atoms with Gasteiger partial charge in [-0.1, -0.05) is 6.07 Å². The fourth-order valence-electron chi connectivity index (χ4n) is 2.07. The molecule has 0 aliphatic rings. The van der Waals surface area contributed by atoms with Gasteiger partial charge < -0.3 is 14.8 Å². The summed E-state index contributed by atoms with van der Waals surface area (Å²) in [5.41, 5.74) is 0.845. The van der Waals surface area contributed by atoms with Crippen LogP contribution in [-0.2, 0) is 0 Å². The maximum atomic E-state index is 13.4. The number of aromatic hydroxyl groups is 2. The molecule has 0 atom stereocenters. The van der Waals surface area contributed by atoms with E-state index in [0.717, 1.165) is 12.1 Å². The maximum absolute atomic E-state index is 13.4. The minimum Gasteiger partial charge on any atom is -0.507 e. The average molecular weight is 261 g/mol. The number of hydrogen-bond acceptors (Lipinski definition) is 2. The van der Waals surface area contributed by atoms with Gasteiger partial charge in [-0.2, -0.15) is 0 Å². The summed E-state index contributed by atoms with van der Waals surface area (Å²) in [6.07, 6.45) is 1.59. The average Bonchev–Trinajstić information content (AvgIpc) is 2.80. The Labute approximate surface area is 107 Å². The molecule has 3 aromatic rings. The van der Waals surface area contributed by atoms with Crippen molar-refractivity contribution in [3.05, 3.63) is 54.2 Å². The molecule has 3 nitrogen and oxygen atoms in total. The highest BCUT2D eigenvalue weighted by Crippen LogP contribution is 2.30. The van der Waals surface area contributed by atoms with Crippen LogP contribution in [-0.4, -0.2) is 14.8 Å². The molecular formula is C14H9F2NO2. The first-order chi connectivity index (χ1) is 9.08. The number of nitrogens with zero attached hydrogens (tertiary/aromatic N) is 1. The molecule has 2 N–H and O–H groups in total. The van der Waals surface area contributed by atoms with Gasteiger partial charge in [0.05, 0.1) is 11.2 Å². The molecule has 5 heteroatoms. The lowest BCUT2D eigenvalue weighted by Gasteiger charge is -2.07. The molecule has 1 heterocycles. The summed E-state index contributed by atoms with van der Waals surface area (Å²) in [6, 6.07) is 8.60. The lowest BCUT2D eigenvalue weighted by Crippen LogP contribution is -1.95. The summed E-state index contributed by atoms with van der Waals surface area (Å²) < 4.78 is 28.2. The Morgan fingerprint density at radius 3 is 2.32 bits per heavy atom. The van der Waals surface area contributed by atoms with Crippen LogP contribution in [0.25, 0.3) is 16.6 Å². The van der Waals surface area contributed by atoms with E-state index in [4.69, 9.17) is 5.11 Å². The Hall–Kier alpha value is -2.56. The predicted molar refractivity (Wildman–Crippen MR) is 66.5 cm³/mol. The van der Waals surface area contributed by atoms with Crippen LogP contribution in [0.3, 0.4) is 0 Å². The fraction of sp³-hybridized carbons (Fsp3) is 0. The Morgan fingerprint density at radius 2 is 1.63 bits per heavy atom. The van der Waals surface area contributed by atoms with Gasteiger partial charge in [0.15, 0.2) is 17.4 Å². The number of halogens is 2. The van der Waals surface area contributed by atoms with Gasteiger partial charge in [-0.3, -0.25) is 0 Å². The number of benzene rings is 2. The molecule has 0 amide bonds. The van der Waals surface area contributed by atoms with Crippen LogP contribution in [0.1, 0.15) is 0 Å². The first-order valence-corrected chi connectivity index (χ1v) is 5.55. The van der Waals surface area contributed by atoms with Crippen molar-refractivity contribution in [1.29, 1.82) is 0 Å². The summed E-state index contributed by atoms with van der Waals surface area (Å²) in [4.78, 5) is 0. The van der Waals surface area contributed by atoms with Gasteiger partial charge in [0.1, 0.15) is 5.75 Å². The van der Waals surface area contributed by atoms with Gasteiger partial charge in [-0.15, -0.1) is 0 Å². The molecule has 96 valence electrons. The monoisotopic (exact) mass is 261 g/mol. The van der Waals surface area contributed by atoms with E-state index in [1.54, 1.807) is 24.4 Å². The first kappa shape index (κ1) is 11.5. The molecule has 19 heavy (non-hydrogen) atoms. The summed E-state index contributed by atoms with van der Waals surface area (Å²) in [5.74, 6) is -2.96. The number of phenolic OH excluding ortho intramolecular Hbond substituents is 2. The Morgan fingerprint density at radius 1 is 0.947 bits per heavy atom. The maximum Gasteiger partial charge on any atom is 0.187 e. The molecule has 0 saturated heterocycles. The van der Waals surface area contributed by atoms with E-state index in [1.807, 2.05) is 0 Å². The van der Waals surface area contributed by atoms with Gasteiger partial charge in [0.2, 0.25) is 0 Å². The van der Waals surface area contributed by atoms with E-state index < -0.39 is 17.4 Å². The van der Waals surface area contributed by atoms with Gasteiger partial charge in [-0.05, 0) is 18.2 Å². The molecule has 0 bridgehead atoms. The van der Waals surface area contributed by atoms with Crippen LogP contribution in [0.2, 0.25) is 0 Å². The van der Waals surface area contributed by atoms with Crippen LogP contribution in [0.5, 0.6) is 11.5 Å². The molecule has 1 aromatic heterocycles. The summed E-state index contributed by atoms with van der Waals surface area (Å²) in [5, 5.41) is 19.3. The van der Waals surface area contributed by atoms with Crippen molar-refractivity contribution < 1.29 is 19.0 Å². The minimum atomic E-state index is -1.03. The quantitative estimate of drug-likeness (QED) is 0.705. The van der Waals surface area contributed by atoms with Crippen molar-refractivity contribution in [2.24, 2.45) is 0 Å².